The highest BCUT2D eigenvalue weighted by atomic mass is 32.2. The number of aromatic nitrogens is 2. The Bertz CT molecular complexity index is 1160. The van der Waals surface area contributed by atoms with E-state index in [1.165, 1.54) is 23.3 Å². The maximum Gasteiger partial charge on any atom is 0.233 e. The number of para-hydroxylation sites is 1. The predicted molar refractivity (Wildman–Crippen MR) is 116 cm³/mol. The van der Waals surface area contributed by atoms with E-state index in [2.05, 4.69) is 67.5 Å². The van der Waals surface area contributed by atoms with Crippen LogP contribution in [0.2, 0.25) is 0 Å². The van der Waals surface area contributed by atoms with Crippen molar-refractivity contribution in [2.45, 2.75) is 23.7 Å². The molecule has 29 heavy (non-hydrogen) atoms. The summed E-state index contributed by atoms with van der Waals surface area (Å²) in [6.45, 7) is 0.782. The van der Waals surface area contributed by atoms with Crippen LogP contribution in [0.5, 0.6) is 0 Å². The van der Waals surface area contributed by atoms with E-state index in [1.54, 1.807) is 11.9 Å². The lowest BCUT2D eigenvalue weighted by Crippen LogP contribution is -3.10. The van der Waals surface area contributed by atoms with Crippen molar-refractivity contribution in [2.75, 3.05) is 11.9 Å². The van der Waals surface area contributed by atoms with Gasteiger partial charge in [-0.25, -0.2) is 9.89 Å². The van der Waals surface area contributed by atoms with Crippen LogP contribution < -0.4 is 10.2 Å². The summed E-state index contributed by atoms with van der Waals surface area (Å²) in [5, 5.41) is 12.2. The molecular weight excluding hydrogens is 380 g/mol. The van der Waals surface area contributed by atoms with Crippen molar-refractivity contribution in [3.8, 4) is 0 Å². The molecule has 7 heteroatoms. The third kappa shape index (κ3) is 3.22. The fourth-order valence-corrected chi connectivity index (χ4v) is 4.72. The molecule has 3 aromatic rings. The van der Waals surface area contributed by atoms with E-state index >= 15 is 0 Å². The molecule has 1 saturated carbocycles. The molecule has 3 heterocycles. The summed E-state index contributed by atoms with van der Waals surface area (Å²) in [5.41, 5.74) is 2.49. The number of fused-ring (bicyclic) bond motifs is 2. The van der Waals surface area contributed by atoms with Crippen molar-refractivity contribution in [3.05, 3.63) is 78.5 Å². The van der Waals surface area contributed by atoms with Crippen molar-refractivity contribution in [1.82, 2.24) is 14.5 Å². The van der Waals surface area contributed by atoms with Gasteiger partial charge in [-0.15, -0.1) is 0 Å². The molecule has 2 aromatic carbocycles. The first-order chi connectivity index (χ1) is 14.3. The summed E-state index contributed by atoms with van der Waals surface area (Å²) >= 11 is 1.74. The minimum atomic E-state index is 0.782. The number of nitrogens with zero attached hydrogens (tertiary/aromatic N) is 3. The zero-order valence-electron chi connectivity index (χ0n) is 15.8. The van der Waals surface area contributed by atoms with Gasteiger partial charge >= 0.3 is 0 Å². The number of quaternary nitrogens is 1. The van der Waals surface area contributed by atoms with Gasteiger partial charge < -0.3 is 0 Å². The molecule has 0 radical (unpaired) electrons. The van der Waals surface area contributed by atoms with Crippen molar-refractivity contribution < 1.29 is 4.90 Å². The van der Waals surface area contributed by atoms with Gasteiger partial charge in [0.25, 0.3) is 0 Å². The Hall–Kier alpha value is -3.03. The Labute approximate surface area is 173 Å². The van der Waals surface area contributed by atoms with Crippen LogP contribution in [0, 0.1) is 0 Å². The average molecular weight is 402 g/mol. The number of anilines is 1. The lowest BCUT2D eigenvalue weighted by molar-refractivity contribution is -0.699. The van der Waals surface area contributed by atoms with Crippen molar-refractivity contribution in [1.29, 1.82) is 0 Å². The number of amidine groups is 1. The van der Waals surface area contributed by atoms with E-state index in [0.717, 1.165) is 45.7 Å². The van der Waals surface area contributed by atoms with Crippen molar-refractivity contribution >= 4 is 34.5 Å². The fourth-order valence-electron chi connectivity index (χ4n) is 3.84. The second-order valence-electron chi connectivity index (χ2n) is 7.60. The number of rotatable bonds is 5. The number of nitrogens with one attached hydrogen (secondary N) is 3. The maximum absolute atomic E-state index is 4.57. The summed E-state index contributed by atoms with van der Waals surface area (Å²) in [6.07, 6.45) is 8.78. The van der Waals surface area contributed by atoms with Gasteiger partial charge in [-0.2, -0.15) is 5.10 Å². The first kappa shape index (κ1) is 16.9. The molecule has 1 fully saturated rings. The monoisotopic (exact) mass is 401 g/mol. The first-order valence-corrected chi connectivity index (χ1v) is 10.7. The molecule has 3 N–H and O–H groups in total. The molecule has 1 atom stereocenters. The molecule has 2 aliphatic heterocycles. The van der Waals surface area contributed by atoms with E-state index in [-0.39, 0.29) is 0 Å². The zero-order valence-corrected chi connectivity index (χ0v) is 16.6. The first-order valence-electron chi connectivity index (χ1n) is 9.91. The summed E-state index contributed by atoms with van der Waals surface area (Å²) in [4.78, 5) is 6.95. The molecule has 0 bridgehead atoms. The van der Waals surface area contributed by atoms with E-state index in [4.69, 9.17) is 0 Å². The second kappa shape index (κ2) is 6.79. The standard InChI is InChI=1S/C22H20N6S/c1-2-4-19-18(3-1)22(26-25-19)24-21-14-27(13-20-23-11-12-28(20)21)29-17-9-7-16(8-10-17)15-5-6-15/h1-4,7-12,14-15H,5-6,13H2,(H2,24,25,26)/p+1. The minimum absolute atomic E-state index is 0.782. The van der Waals surface area contributed by atoms with Gasteiger partial charge in [0.1, 0.15) is 12.7 Å². The molecule has 144 valence electrons. The quantitative estimate of drug-likeness (QED) is 0.573. The lowest BCUT2D eigenvalue weighted by atomic mass is 10.1. The van der Waals surface area contributed by atoms with Crippen LogP contribution in [0.3, 0.4) is 0 Å². The van der Waals surface area contributed by atoms with E-state index < -0.39 is 0 Å². The number of hydrogen-bond acceptors (Lipinski definition) is 5. The summed E-state index contributed by atoms with van der Waals surface area (Å²) in [7, 11) is 0. The molecule has 0 spiro atoms. The maximum atomic E-state index is 4.57. The van der Waals surface area contributed by atoms with E-state index in [0.29, 0.717) is 0 Å². The Morgan fingerprint density at radius 2 is 1.97 bits per heavy atom. The Kier molecular flexibility index (Phi) is 3.95. The van der Waals surface area contributed by atoms with Crippen LogP contribution in [-0.4, -0.2) is 26.9 Å². The van der Waals surface area contributed by atoms with Gasteiger partial charge in [0.15, 0.2) is 5.82 Å². The number of aliphatic imine (C=N–C) groups is 1. The molecule has 1 aromatic heterocycles. The fraction of sp³-hybridized carbons (Fsp3) is 0.182. The summed E-state index contributed by atoms with van der Waals surface area (Å²) < 4.78 is 2.23. The minimum Gasteiger partial charge on any atom is -0.300 e. The summed E-state index contributed by atoms with van der Waals surface area (Å²) in [6, 6.07) is 17.2. The third-order valence-corrected chi connectivity index (χ3v) is 6.48. The SMILES string of the molecule is C1=C[NH+]2C(Nc3n[nH]c4ccccc34)=CN(Sc3ccc(C4CC4)cc3)CC2=N1. The van der Waals surface area contributed by atoms with Crippen molar-refractivity contribution in [2.24, 2.45) is 4.99 Å². The molecule has 1 unspecified atom stereocenters. The van der Waals surface area contributed by atoms with Crippen LogP contribution in [0.25, 0.3) is 10.9 Å². The van der Waals surface area contributed by atoms with Crippen LogP contribution in [0.15, 0.2) is 82.8 Å². The van der Waals surface area contributed by atoms with Gasteiger partial charge in [0, 0.05) is 10.3 Å². The van der Waals surface area contributed by atoms with Gasteiger partial charge in [-0.1, -0.05) is 24.3 Å². The molecule has 0 amide bonds. The van der Waals surface area contributed by atoms with E-state index in [9.17, 15) is 0 Å². The van der Waals surface area contributed by atoms with Crippen LogP contribution in [0.1, 0.15) is 24.3 Å². The molecule has 0 saturated heterocycles. The molecular formula is C22H21N6S+. The number of benzene rings is 2. The number of hydrogen-bond donors (Lipinski definition) is 3. The van der Waals surface area contributed by atoms with Crippen LogP contribution in [-0.2, 0) is 0 Å². The average Bonchev–Trinajstić information content (AvgIpc) is 3.35. The smallest absolute Gasteiger partial charge is 0.233 e. The number of H-pyrrole nitrogens is 1. The van der Waals surface area contributed by atoms with Gasteiger partial charge in [0.2, 0.25) is 11.7 Å². The topological polar surface area (TPSA) is 60.8 Å². The largest absolute Gasteiger partial charge is 0.300 e. The van der Waals surface area contributed by atoms with Crippen LogP contribution in [0.4, 0.5) is 5.82 Å². The highest BCUT2D eigenvalue weighted by molar-refractivity contribution is 7.97. The van der Waals surface area contributed by atoms with Crippen molar-refractivity contribution in [3.63, 3.8) is 0 Å². The molecule has 6 rings (SSSR count). The second-order valence-corrected chi connectivity index (χ2v) is 8.72. The van der Waals surface area contributed by atoms with Crippen LogP contribution >= 0.6 is 11.9 Å². The molecule has 1 aliphatic carbocycles. The summed E-state index contributed by atoms with van der Waals surface area (Å²) in [5.74, 6) is 3.72. The van der Waals surface area contributed by atoms with Gasteiger partial charge in [-0.3, -0.25) is 14.7 Å². The Morgan fingerprint density at radius 3 is 2.83 bits per heavy atom. The molecule has 3 aliphatic rings. The van der Waals surface area contributed by atoms with Gasteiger partial charge in [0.05, 0.1) is 17.9 Å². The highest BCUT2D eigenvalue weighted by Crippen LogP contribution is 2.40. The molecule has 6 nitrogen and oxygen atoms in total. The highest BCUT2D eigenvalue weighted by Gasteiger charge is 2.32. The lowest BCUT2D eigenvalue weighted by Gasteiger charge is -2.27. The number of aromatic amines is 1. The zero-order chi connectivity index (χ0) is 19.2. The van der Waals surface area contributed by atoms with Gasteiger partial charge in [-0.05, 0) is 60.5 Å². The Balaban J connectivity index is 1.27. The normalized spacial score (nSPS) is 20.6. The Morgan fingerprint density at radius 1 is 1.10 bits per heavy atom. The predicted octanol–water partition coefficient (Wildman–Crippen LogP) is 3.44. The third-order valence-electron chi connectivity index (χ3n) is 5.53. The van der Waals surface area contributed by atoms with E-state index in [1.807, 2.05) is 24.4 Å².